The fourth-order valence-electron chi connectivity index (χ4n) is 3.81. The molecule has 0 bridgehead atoms. The zero-order valence-corrected chi connectivity index (χ0v) is 18.6. The van der Waals surface area contributed by atoms with Crippen LogP contribution < -0.4 is 4.31 Å². The molecule has 0 saturated carbocycles. The third kappa shape index (κ3) is 4.83. The fraction of sp³-hybridized carbons (Fsp3) is 0.304. The van der Waals surface area contributed by atoms with Crippen LogP contribution in [0.2, 0.25) is 0 Å². The van der Waals surface area contributed by atoms with E-state index in [0.29, 0.717) is 48.4 Å². The maximum absolute atomic E-state index is 13.4. The van der Waals surface area contributed by atoms with Gasteiger partial charge in [0.15, 0.2) is 0 Å². The van der Waals surface area contributed by atoms with E-state index in [9.17, 15) is 17.6 Å². The summed E-state index contributed by atoms with van der Waals surface area (Å²) in [6.45, 7) is 1.03. The van der Waals surface area contributed by atoms with Crippen LogP contribution in [0, 0.1) is 5.82 Å². The van der Waals surface area contributed by atoms with Crippen LogP contribution in [0.3, 0.4) is 0 Å². The molecule has 1 aromatic heterocycles. The summed E-state index contributed by atoms with van der Waals surface area (Å²) in [6, 6.07) is 14.9. The van der Waals surface area contributed by atoms with E-state index in [4.69, 9.17) is 0 Å². The highest BCUT2D eigenvalue weighted by Crippen LogP contribution is 2.24. The predicted molar refractivity (Wildman–Crippen MR) is 121 cm³/mol. The van der Waals surface area contributed by atoms with Crippen LogP contribution in [0.15, 0.2) is 54.6 Å². The summed E-state index contributed by atoms with van der Waals surface area (Å²) in [6.07, 6.45) is 2.05. The van der Waals surface area contributed by atoms with Crippen LogP contribution in [0.1, 0.15) is 28.9 Å². The molecule has 32 heavy (non-hydrogen) atoms. The minimum absolute atomic E-state index is 0.120. The van der Waals surface area contributed by atoms with Gasteiger partial charge in [0.2, 0.25) is 10.0 Å². The van der Waals surface area contributed by atoms with Crippen LogP contribution in [-0.4, -0.2) is 55.3 Å². The molecule has 0 radical (unpaired) electrons. The van der Waals surface area contributed by atoms with Crippen LogP contribution in [0.5, 0.6) is 0 Å². The van der Waals surface area contributed by atoms with Crippen molar-refractivity contribution in [3.63, 3.8) is 0 Å². The number of aromatic nitrogens is 2. The molecule has 3 aromatic rings. The molecule has 2 aromatic carbocycles. The van der Waals surface area contributed by atoms with Crippen molar-refractivity contribution in [2.75, 3.05) is 30.2 Å². The summed E-state index contributed by atoms with van der Waals surface area (Å²) in [5.41, 5.74) is 3.42. The van der Waals surface area contributed by atoms with Gasteiger partial charge in [0.25, 0.3) is 5.91 Å². The maximum Gasteiger partial charge on any atom is 0.253 e. The zero-order chi connectivity index (χ0) is 22.7. The van der Waals surface area contributed by atoms with E-state index in [0.717, 1.165) is 12.1 Å². The first-order chi connectivity index (χ1) is 15.3. The molecule has 0 aliphatic carbocycles. The van der Waals surface area contributed by atoms with Crippen molar-refractivity contribution in [1.82, 2.24) is 15.1 Å². The molecule has 9 heteroatoms. The Morgan fingerprint density at radius 3 is 2.66 bits per heavy atom. The van der Waals surface area contributed by atoms with Gasteiger partial charge in [-0.1, -0.05) is 12.1 Å². The lowest BCUT2D eigenvalue weighted by atomic mass is 10.1. The summed E-state index contributed by atoms with van der Waals surface area (Å²) in [5.74, 6) is -0.260. The Morgan fingerprint density at radius 2 is 1.97 bits per heavy atom. The number of hydrogen-bond donors (Lipinski definition) is 1. The van der Waals surface area contributed by atoms with Gasteiger partial charge >= 0.3 is 0 Å². The molecule has 1 N–H and O–H groups in total. The molecule has 7 nitrogen and oxygen atoms in total. The van der Waals surface area contributed by atoms with Crippen LogP contribution >= 0.6 is 0 Å². The second-order valence-electron chi connectivity index (χ2n) is 7.91. The predicted octanol–water partition coefficient (Wildman–Crippen LogP) is 3.46. The lowest BCUT2D eigenvalue weighted by Crippen LogP contribution is -2.28. The van der Waals surface area contributed by atoms with Crippen molar-refractivity contribution < 1.29 is 17.6 Å². The monoisotopic (exact) mass is 456 g/mol. The molecule has 1 amide bonds. The van der Waals surface area contributed by atoms with Gasteiger partial charge in [0.1, 0.15) is 5.82 Å². The normalized spacial score (nSPS) is 15.1. The molecule has 1 aliphatic heterocycles. The number of carbonyl (C=O) groups is 1. The number of benzene rings is 2. The lowest BCUT2D eigenvalue weighted by Gasteiger charge is -2.19. The molecule has 168 valence electrons. The summed E-state index contributed by atoms with van der Waals surface area (Å²) < 4.78 is 38.9. The Balaban J connectivity index is 1.31. The lowest BCUT2D eigenvalue weighted by molar-refractivity contribution is 0.0793. The highest BCUT2D eigenvalue weighted by atomic mass is 32.2. The SMILES string of the molecule is CN(CCCc1cc(-c2cccc(F)c2)n[nH]1)C(=O)c1ccc(N2CCCS2(=O)=O)cc1. The molecule has 2 heterocycles. The second-order valence-corrected chi connectivity index (χ2v) is 9.92. The van der Waals surface area contributed by atoms with Crippen LogP contribution in [0.25, 0.3) is 11.3 Å². The standard InChI is InChI=1S/C23H25FN4O3S/c1-27(12-3-7-20-16-22(26-25-20)18-5-2-6-19(24)15-18)23(29)17-8-10-21(11-9-17)28-13-4-14-32(28,30)31/h2,5-6,8-11,15-16H,3-4,7,12-14H2,1H3,(H,25,26). The van der Waals surface area contributed by atoms with E-state index in [-0.39, 0.29) is 17.5 Å². The average molecular weight is 457 g/mol. The molecule has 0 atom stereocenters. The molecular formula is C23H25FN4O3S. The molecular weight excluding hydrogens is 431 g/mol. The Morgan fingerprint density at radius 1 is 1.19 bits per heavy atom. The average Bonchev–Trinajstić information content (AvgIpc) is 3.39. The Labute approximate surface area is 186 Å². The third-order valence-electron chi connectivity index (χ3n) is 5.54. The van der Waals surface area contributed by atoms with Crippen molar-refractivity contribution in [2.45, 2.75) is 19.3 Å². The minimum Gasteiger partial charge on any atom is -0.342 e. The number of halogens is 1. The number of amides is 1. The van der Waals surface area contributed by atoms with Gasteiger partial charge in [-0.2, -0.15) is 5.10 Å². The highest BCUT2D eigenvalue weighted by molar-refractivity contribution is 7.93. The molecule has 1 saturated heterocycles. The Bertz CT molecular complexity index is 1210. The number of carbonyl (C=O) groups excluding carboxylic acids is 1. The van der Waals surface area contributed by atoms with Gasteiger partial charge in [0, 0.05) is 37.0 Å². The Hall–Kier alpha value is -3.20. The number of nitrogens with one attached hydrogen (secondary N) is 1. The molecule has 1 aliphatic rings. The summed E-state index contributed by atoms with van der Waals surface area (Å²) in [4.78, 5) is 14.4. The first-order valence-electron chi connectivity index (χ1n) is 10.5. The van der Waals surface area contributed by atoms with E-state index in [1.807, 2.05) is 6.07 Å². The van der Waals surface area contributed by atoms with E-state index < -0.39 is 10.0 Å². The van der Waals surface area contributed by atoms with Crippen molar-refractivity contribution in [3.8, 4) is 11.3 Å². The van der Waals surface area contributed by atoms with E-state index in [2.05, 4.69) is 10.2 Å². The number of hydrogen-bond acceptors (Lipinski definition) is 4. The van der Waals surface area contributed by atoms with Gasteiger partial charge in [-0.25, -0.2) is 12.8 Å². The van der Waals surface area contributed by atoms with Gasteiger partial charge < -0.3 is 4.90 Å². The van der Waals surface area contributed by atoms with Crippen LogP contribution in [-0.2, 0) is 16.4 Å². The minimum atomic E-state index is -3.23. The second kappa shape index (κ2) is 9.12. The van der Waals surface area contributed by atoms with Gasteiger partial charge in [-0.15, -0.1) is 0 Å². The highest BCUT2D eigenvalue weighted by Gasteiger charge is 2.28. The van der Waals surface area contributed by atoms with Gasteiger partial charge in [-0.05, 0) is 61.7 Å². The first kappa shape index (κ1) is 22.0. The summed E-state index contributed by atoms with van der Waals surface area (Å²) in [7, 11) is -1.49. The molecule has 4 rings (SSSR count). The van der Waals surface area contributed by atoms with E-state index in [1.165, 1.54) is 16.4 Å². The quantitative estimate of drug-likeness (QED) is 0.590. The smallest absolute Gasteiger partial charge is 0.253 e. The molecule has 0 unspecified atom stereocenters. The van der Waals surface area contributed by atoms with Crippen LogP contribution in [0.4, 0.5) is 10.1 Å². The van der Waals surface area contributed by atoms with Crippen molar-refractivity contribution >= 4 is 21.6 Å². The fourth-order valence-corrected chi connectivity index (χ4v) is 5.38. The number of anilines is 1. The van der Waals surface area contributed by atoms with Crippen molar-refractivity contribution in [3.05, 3.63) is 71.7 Å². The third-order valence-corrected chi connectivity index (χ3v) is 7.41. The van der Waals surface area contributed by atoms with Gasteiger partial charge in [0.05, 0.1) is 17.1 Å². The van der Waals surface area contributed by atoms with E-state index >= 15 is 0 Å². The van der Waals surface area contributed by atoms with Crippen molar-refractivity contribution in [1.29, 1.82) is 0 Å². The number of sulfonamides is 1. The Kier molecular flexibility index (Phi) is 6.27. The molecule has 0 spiro atoms. The van der Waals surface area contributed by atoms with Crippen molar-refractivity contribution in [2.24, 2.45) is 0 Å². The van der Waals surface area contributed by atoms with Gasteiger partial charge in [-0.3, -0.25) is 14.2 Å². The number of rotatable bonds is 7. The maximum atomic E-state index is 13.4. The summed E-state index contributed by atoms with van der Waals surface area (Å²) in [5, 5.41) is 7.21. The topological polar surface area (TPSA) is 86.4 Å². The summed E-state index contributed by atoms with van der Waals surface area (Å²) >= 11 is 0. The number of H-pyrrole nitrogens is 1. The molecule has 1 fully saturated rings. The number of aryl methyl sites for hydroxylation is 1. The van der Waals surface area contributed by atoms with E-state index in [1.54, 1.807) is 48.3 Å². The number of nitrogens with zero attached hydrogens (tertiary/aromatic N) is 3. The number of aromatic amines is 1. The first-order valence-corrected chi connectivity index (χ1v) is 12.1. The zero-order valence-electron chi connectivity index (χ0n) is 17.8. The largest absolute Gasteiger partial charge is 0.342 e.